The zero-order valence-corrected chi connectivity index (χ0v) is 14.7. The van der Waals surface area contributed by atoms with Gasteiger partial charge in [-0.05, 0) is 18.2 Å². The standard InChI is InChI=1S/C15H18N6O6/c1-7(22)16-19-13(25)10-4-11(14(26)20-17-8(2)23)6-12(5-10)15(27)21-18-9(3)24/h4-6H,1-3H3,(H,16,22)(H,17,23)(H,18,24)(H,19,25)(H,20,26)(H,21,27). The van der Waals surface area contributed by atoms with Gasteiger partial charge in [-0.15, -0.1) is 0 Å². The summed E-state index contributed by atoms with van der Waals surface area (Å²) in [5, 5.41) is 0. The number of hydrogen-bond donors (Lipinski definition) is 6. The fraction of sp³-hybridized carbons (Fsp3) is 0.200. The summed E-state index contributed by atoms with van der Waals surface area (Å²) < 4.78 is 0. The molecule has 12 nitrogen and oxygen atoms in total. The molecule has 0 saturated carbocycles. The van der Waals surface area contributed by atoms with Gasteiger partial charge in [-0.2, -0.15) is 0 Å². The monoisotopic (exact) mass is 378 g/mol. The third kappa shape index (κ3) is 7.21. The Morgan fingerprint density at radius 2 is 0.704 bits per heavy atom. The number of carbonyl (C=O) groups is 6. The molecule has 0 spiro atoms. The van der Waals surface area contributed by atoms with Crippen LogP contribution in [0, 0.1) is 0 Å². The SMILES string of the molecule is CC(=O)NNC(=O)c1cc(C(=O)NNC(C)=O)cc(C(=O)NNC(C)=O)c1. The predicted molar refractivity (Wildman–Crippen MR) is 90.3 cm³/mol. The van der Waals surface area contributed by atoms with Crippen molar-refractivity contribution in [3.63, 3.8) is 0 Å². The van der Waals surface area contributed by atoms with Gasteiger partial charge in [-0.25, -0.2) is 0 Å². The minimum absolute atomic E-state index is 0.132. The Morgan fingerprint density at radius 1 is 0.481 bits per heavy atom. The number of carbonyl (C=O) groups excluding carboxylic acids is 6. The second-order valence-corrected chi connectivity index (χ2v) is 5.20. The average molecular weight is 378 g/mol. The minimum Gasteiger partial charge on any atom is -0.274 e. The van der Waals surface area contributed by atoms with Crippen molar-refractivity contribution in [3.05, 3.63) is 34.9 Å². The molecular formula is C15H18N6O6. The molecule has 0 heterocycles. The first-order valence-corrected chi connectivity index (χ1v) is 7.46. The average Bonchev–Trinajstić information content (AvgIpc) is 2.61. The fourth-order valence-corrected chi connectivity index (χ4v) is 1.67. The van der Waals surface area contributed by atoms with E-state index in [1.807, 2.05) is 0 Å². The smallest absolute Gasteiger partial charge is 0.269 e. The van der Waals surface area contributed by atoms with Gasteiger partial charge >= 0.3 is 0 Å². The van der Waals surface area contributed by atoms with Crippen LogP contribution in [-0.2, 0) is 14.4 Å². The zero-order valence-electron chi connectivity index (χ0n) is 14.7. The molecule has 27 heavy (non-hydrogen) atoms. The molecule has 0 fully saturated rings. The summed E-state index contributed by atoms with van der Waals surface area (Å²) in [5.74, 6) is -4.00. The molecule has 0 unspecified atom stereocenters. The van der Waals surface area contributed by atoms with E-state index in [4.69, 9.17) is 0 Å². The van der Waals surface area contributed by atoms with Crippen LogP contribution in [-0.4, -0.2) is 35.4 Å². The lowest BCUT2D eigenvalue weighted by Gasteiger charge is -2.11. The number of hydrogen-bond acceptors (Lipinski definition) is 6. The van der Waals surface area contributed by atoms with Gasteiger partial charge < -0.3 is 0 Å². The van der Waals surface area contributed by atoms with Crippen LogP contribution in [0.15, 0.2) is 18.2 Å². The number of amides is 6. The topological polar surface area (TPSA) is 175 Å². The summed E-state index contributed by atoms with van der Waals surface area (Å²) in [6, 6.07) is 3.43. The number of rotatable bonds is 3. The maximum absolute atomic E-state index is 12.1. The molecule has 12 heteroatoms. The van der Waals surface area contributed by atoms with Gasteiger partial charge in [0.15, 0.2) is 0 Å². The van der Waals surface area contributed by atoms with E-state index in [9.17, 15) is 28.8 Å². The fourth-order valence-electron chi connectivity index (χ4n) is 1.67. The van der Waals surface area contributed by atoms with Gasteiger partial charge in [0.1, 0.15) is 0 Å². The summed E-state index contributed by atoms with van der Waals surface area (Å²) in [5.41, 5.74) is 12.1. The predicted octanol–water partition coefficient (Wildman–Crippen LogP) is -1.97. The van der Waals surface area contributed by atoms with Crippen LogP contribution < -0.4 is 32.6 Å². The highest BCUT2D eigenvalue weighted by molar-refractivity contribution is 6.05. The lowest BCUT2D eigenvalue weighted by atomic mass is 10.0. The van der Waals surface area contributed by atoms with Crippen molar-refractivity contribution in [3.8, 4) is 0 Å². The zero-order chi connectivity index (χ0) is 20.6. The maximum Gasteiger partial charge on any atom is 0.269 e. The van der Waals surface area contributed by atoms with Crippen LogP contribution in [0.2, 0.25) is 0 Å². The van der Waals surface area contributed by atoms with Crippen molar-refractivity contribution in [2.45, 2.75) is 20.8 Å². The third-order valence-corrected chi connectivity index (χ3v) is 2.78. The van der Waals surface area contributed by atoms with E-state index >= 15 is 0 Å². The van der Waals surface area contributed by atoms with E-state index in [1.54, 1.807) is 0 Å². The first kappa shape index (κ1) is 21.1. The molecule has 0 aliphatic carbocycles. The quantitative estimate of drug-likeness (QED) is 0.333. The second-order valence-electron chi connectivity index (χ2n) is 5.20. The number of hydrazine groups is 3. The van der Waals surface area contributed by atoms with Crippen molar-refractivity contribution < 1.29 is 28.8 Å². The summed E-state index contributed by atoms with van der Waals surface area (Å²) in [6.45, 7) is 3.51. The molecule has 144 valence electrons. The van der Waals surface area contributed by atoms with Crippen molar-refractivity contribution in [2.24, 2.45) is 0 Å². The summed E-state index contributed by atoms with van der Waals surface area (Å²) in [7, 11) is 0. The minimum atomic E-state index is -0.798. The molecule has 6 N–H and O–H groups in total. The van der Waals surface area contributed by atoms with Gasteiger partial charge in [0.25, 0.3) is 17.7 Å². The maximum atomic E-state index is 12.1. The molecule has 1 aromatic rings. The Bertz CT molecular complexity index is 689. The summed E-state index contributed by atoms with van der Waals surface area (Å²) in [4.78, 5) is 69.0. The Kier molecular flexibility index (Phi) is 7.42. The molecule has 0 aliphatic rings. The Morgan fingerprint density at radius 3 is 0.889 bits per heavy atom. The van der Waals surface area contributed by atoms with E-state index in [2.05, 4.69) is 32.6 Å². The van der Waals surface area contributed by atoms with E-state index in [1.165, 1.54) is 20.8 Å². The first-order chi connectivity index (χ1) is 12.6. The lowest BCUT2D eigenvalue weighted by molar-refractivity contribution is -0.120. The normalized spacial score (nSPS) is 9.44. The number of benzene rings is 1. The Labute approximate surface area is 153 Å². The highest BCUT2D eigenvalue weighted by Gasteiger charge is 2.17. The van der Waals surface area contributed by atoms with Crippen LogP contribution in [0.25, 0.3) is 0 Å². The second kappa shape index (κ2) is 9.50. The van der Waals surface area contributed by atoms with Crippen molar-refractivity contribution in [1.29, 1.82) is 0 Å². The summed E-state index contributed by atoms with van der Waals surface area (Å²) in [6.07, 6.45) is 0. The van der Waals surface area contributed by atoms with Crippen molar-refractivity contribution in [2.75, 3.05) is 0 Å². The summed E-state index contributed by atoms with van der Waals surface area (Å²) >= 11 is 0. The molecule has 0 aromatic heterocycles. The third-order valence-electron chi connectivity index (χ3n) is 2.78. The largest absolute Gasteiger partial charge is 0.274 e. The molecule has 0 radical (unpaired) electrons. The van der Waals surface area contributed by atoms with Crippen LogP contribution in [0.1, 0.15) is 51.8 Å². The van der Waals surface area contributed by atoms with Crippen molar-refractivity contribution >= 4 is 35.4 Å². The number of nitrogens with one attached hydrogen (secondary N) is 6. The van der Waals surface area contributed by atoms with Gasteiger partial charge in [0.05, 0.1) is 0 Å². The Hall–Kier alpha value is -3.96. The molecular weight excluding hydrogens is 360 g/mol. The van der Waals surface area contributed by atoms with Crippen LogP contribution in [0.4, 0.5) is 0 Å². The van der Waals surface area contributed by atoms with E-state index in [0.29, 0.717) is 0 Å². The highest BCUT2D eigenvalue weighted by atomic mass is 16.2. The van der Waals surface area contributed by atoms with E-state index in [-0.39, 0.29) is 16.7 Å². The molecule has 0 aliphatic heterocycles. The molecule has 0 atom stereocenters. The molecule has 0 bridgehead atoms. The molecule has 0 saturated heterocycles. The molecule has 6 amide bonds. The van der Waals surface area contributed by atoms with Gasteiger partial charge in [-0.3, -0.25) is 61.3 Å². The molecule has 1 rings (SSSR count). The Balaban J connectivity index is 3.16. The van der Waals surface area contributed by atoms with Gasteiger partial charge in [-0.1, -0.05) is 0 Å². The van der Waals surface area contributed by atoms with Crippen LogP contribution >= 0.6 is 0 Å². The first-order valence-electron chi connectivity index (χ1n) is 7.46. The van der Waals surface area contributed by atoms with E-state index in [0.717, 1.165) is 18.2 Å². The van der Waals surface area contributed by atoms with E-state index < -0.39 is 35.4 Å². The molecule has 1 aromatic carbocycles. The van der Waals surface area contributed by atoms with Crippen LogP contribution in [0.5, 0.6) is 0 Å². The van der Waals surface area contributed by atoms with Gasteiger partial charge in [0.2, 0.25) is 17.7 Å². The van der Waals surface area contributed by atoms with Gasteiger partial charge in [0, 0.05) is 37.5 Å². The lowest BCUT2D eigenvalue weighted by Crippen LogP contribution is -2.42. The van der Waals surface area contributed by atoms with Crippen molar-refractivity contribution in [1.82, 2.24) is 32.6 Å². The van der Waals surface area contributed by atoms with Crippen LogP contribution in [0.3, 0.4) is 0 Å². The highest BCUT2D eigenvalue weighted by Crippen LogP contribution is 2.11.